The quantitative estimate of drug-likeness (QED) is 0.139. The molecule has 2 aromatic heterocycles. The van der Waals surface area contributed by atoms with Crippen molar-refractivity contribution in [2.24, 2.45) is 0 Å². The number of halogens is 4. The monoisotopic (exact) mass is 714 g/mol. The van der Waals surface area contributed by atoms with Crippen LogP contribution < -0.4 is 11.1 Å². The van der Waals surface area contributed by atoms with Gasteiger partial charge in [0.1, 0.15) is 23.0 Å². The third-order valence-electron chi connectivity index (χ3n) is 7.50. The molecular formula is C36H22BrF3N2O6. The number of benzene rings is 5. The van der Waals surface area contributed by atoms with E-state index in [0.29, 0.717) is 26.6 Å². The highest BCUT2D eigenvalue weighted by Gasteiger charge is 2.17. The summed E-state index contributed by atoms with van der Waals surface area (Å²) in [4.78, 5) is 25.4. The Morgan fingerprint density at radius 2 is 0.917 bits per heavy atom. The second-order valence-electron chi connectivity index (χ2n) is 10.6. The van der Waals surface area contributed by atoms with E-state index in [4.69, 9.17) is 0 Å². The van der Waals surface area contributed by atoms with Gasteiger partial charge in [-0.2, -0.15) is 0 Å². The van der Waals surface area contributed by atoms with Crippen molar-refractivity contribution in [3.8, 4) is 45.5 Å². The van der Waals surface area contributed by atoms with Crippen molar-refractivity contribution in [3.05, 3.63) is 152 Å². The van der Waals surface area contributed by atoms with Crippen LogP contribution >= 0.6 is 15.9 Å². The average molecular weight is 715 g/mol. The molecule has 2 heterocycles. The standard InChI is InChI=1S/C21H12F3NO3.C15H10BrNO3/c22-18-7-11(8-19(23)20(18)24)17-10-25(12-1-3-13(26)4-2-12)21(28)15-6-5-14(27)9-16(15)17;16-14-8-17(9-1-3-10(18)4-2-9)15(20)12-6-5-11(19)7-13(12)14/h1-10,26-27H;1-8,18-19H. The largest absolute Gasteiger partial charge is 0.508 e. The first-order valence-corrected chi connectivity index (χ1v) is 14.9. The molecular weight excluding hydrogens is 693 g/mol. The summed E-state index contributed by atoms with van der Waals surface area (Å²) in [5.41, 5.74) is 0.655. The number of aromatic nitrogens is 2. The lowest BCUT2D eigenvalue weighted by Gasteiger charge is -2.14. The SMILES string of the molecule is O=c1c2ccc(O)cc2c(-c2cc(F)c(F)c(F)c2)cn1-c1ccc(O)cc1.O=c1c2ccc(O)cc2c(Br)cn1-c1ccc(O)cc1. The average Bonchev–Trinajstić information content (AvgIpc) is 3.06. The summed E-state index contributed by atoms with van der Waals surface area (Å²) in [5, 5.41) is 39.7. The van der Waals surface area contributed by atoms with Gasteiger partial charge >= 0.3 is 0 Å². The second-order valence-corrected chi connectivity index (χ2v) is 11.5. The molecule has 0 aliphatic heterocycles. The molecule has 12 heteroatoms. The van der Waals surface area contributed by atoms with Gasteiger partial charge in [0.2, 0.25) is 0 Å². The minimum atomic E-state index is -1.59. The van der Waals surface area contributed by atoms with E-state index >= 15 is 0 Å². The molecule has 0 amide bonds. The number of phenolic OH excluding ortho intramolecular Hbond substituents is 4. The van der Waals surface area contributed by atoms with Crippen LogP contribution in [0.3, 0.4) is 0 Å². The van der Waals surface area contributed by atoms with Crippen molar-refractivity contribution in [2.75, 3.05) is 0 Å². The van der Waals surface area contributed by atoms with Gasteiger partial charge in [0.05, 0.1) is 0 Å². The fraction of sp³-hybridized carbons (Fsp3) is 0. The zero-order valence-corrected chi connectivity index (χ0v) is 26.0. The first-order valence-electron chi connectivity index (χ1n) is 14.1. The first-order chi connectivity index (χ1) is 22.9. The molecule has 240 valence electrons. The second kappa shape index (κ2) is 12.6. The molecule has 5 aromatic carbocycles. The van der Waals surface area contributed by atoms with Gasteiger partial charge in [-0.05, 0) is 119 Å². The Balaban J connectivity index is 0.000000177. The van der Waals surface area contributed by atoms with Gasteiger partial charge in [-0.25, -0.2) is 13.2 Å². The number of phenols is 4. The molecule has 0 aliphatic rings. The summed E-state index contributed by atoms with van der Waals surface area (Å²) in [5.74, 6) is -4.21. The summed E-state index contributed by atoms with van der Waals surface area (Å²) >= 11 is 3.41. The third-order valence-corrected chi connectivity index (χ3v) is 8.14. The Morgan fingerprint density at radius 1 is 0.500 bits per heavy atom. The van der Waals surface area contributed by atoms with E-state index in [1.807, 2.05) is 0 Å². The molecule has 8 nitrogen and oxygen atoms in total. The molecule has 0 saturated heterocycles. The Labute approximate surface area is 277 Å². The molecule has 0 bridgehead atoms. The first kappa shape index (κ1) is 32.0. The third kappa shape index (κ3) is 6.08. The lowest BCUT2D eigenvalue weighted by atomic mass is 9.99. The molecule has 0 unspecified atom stereocenters. The normalized spacial score (nSPS) is 11.0. The molecule has 0 saturated carbocycles. The Morgan fingerprint density at radius 3 is 1.42 bits per heavy atom. The number of aromatic hydroxyl groups is 4. The summed E-state index contributed by atoms with van der Waals surface area (Å²) < 4.78 is 44.4. The molecule has 0 radical (unpaired) electrons. The molecule has 48 heavy (non-hydrogen) atoms. The highest BCUT2D eigenvalue weighted by atomic mass is 79.9. The van der Waals surface area contributed by atoms with E-state index in [1.54, 1.807) is 30.5 Å². The van der Waals surface area contributed by atoms with Crippen molar-refractivity contribution in [1.29, 1.82) is 0 Å². The maximum Gasteiger partial charge on any atom is 0.263 e. The minimum absolute atomic E-state index is 0.000437. The number of pyridine rings is 2. The van der Waals surface area contributed by atoms with Crippen LogP contribution in [-0.2, 0) is 0 Å². The van der Waals surface area contributed by atoms with Crippen LogP contribution in [0.15, 0.2) is 124 Å². The molecule has 0 fully saturated rings. The van der Waals surface area contributed by atoms with Gasteiger partial charge in [-0.15, -0.1) is 0 Å². The topological polar surface area (TPSA) is 125 Å². The van der Waals surface area contributed by atoms with Crippen LogP contribution in [0.4, 0.5) is 13.2 Å². The van der Waals surface area contributed by atoms with Crippen molar-refractivity contribution >= 4 is 37.5 Å². The number of nitrogens with zero attached hydrogens (tertiary/aromatic N) is 2. The molecule has 0 atom stereocenters. The highest BCUT2D eigenvalue weighted by molar-refractivity contribution is 9.10. The zero-order chi connectivity index (χ0) is 34.3. The predicted molar refractivity (Wildman–Crippen MR) is 179 cm³/mol. The number of hydrogen-bond donors (Lipinski definition) is 4. The van der Waals surface area contributed by atoms with E-state index < -0.39 is 23.0 Å². The molecule has 4 N–H and O–H groups in total. The van der Waals surface area contributed by atoms with E-state index in [0.717, 1.165) is 12.1 Å². The molecule has 0 aliphatic carbocycles. The lowest BCUT2D eigenvalue weighted by molar-refractivity contribution is 0.448. The van der Waals surface area contributed by atoms with Crippen LogP contribution in [0.25, 0.3) is 44.0 Å². The molecule has 7 aromatic rings. The van der Waals surface area contributed by atoms with Gasteiger partial charge in [0.25, 0.3) is 11.1 Å². The van der Waals surface area contributed by atoms with Crippen molar-refractivity contribution in [1.82, 2.24) is 9.13 Å². The highest BCUT2D eigenvalue weighted by Crippen LogP contribution is 2.32. The van der Waals surface area contributed by atoms with Gasteiger partial charge in [0, 0.05) is 55.3 Å². The van der Waals surface area contributed by atoms with E-state index in [2.05, 4.69) is 15.9 Å². The predicted octanol–water partition coefficient (Wildman–Crippen LogP) is 7.65. The van der Waals surface area contributed by atoms with Crippen LogP contribution in [0, 0.1) is 17.5 Å². The fourth-order valence-corrected chi connectivity index (χ4v) is 5.70. The Kier molecular flexibility index (Phi) is 8.42. The van der Waals surface area contributed by atoms with Gasteiger partial charge in [-0.1, -0.05) is 0 Å². The number of rotatable bonds is 3. The number of hydrogen-bond acceptors (Lipinski definition) is 6. The summed E-state index contributed by atoms with van der Waals surface area (Å²) in [7, 11) is 0. The van der Waals surface area contributed by atoms with E-state index in [9.17, 15) is 43.2 Å². The zero-order valence-electron chi connectivity index (χ0n) is 24.4. The van der Waals surface area contributed by atoms with Gasteiger partial charge < -0.3 is 20.4 Å². The lowest BCUT2D eigenvalue weighted by Crippen LogP contribution is -2.18. The smallest absolute Gasteiger partial charge is 0.263 e. The van der Waals surface area contributed by atoms with Gasteiger partial charge in [0.15, 0.2) is 17.5 Å². The maximum absolute atomic E-state index is 13.8. The summed E-state index contributed by atoms with van der Waals surface area (Å²) in [6.07, 6.45) is 3.00. The molecule has 0 spiro atoms. The fourth-order valence-electron chi connectivity index (χ4n) is 5.17. The van der Waals surface area contributed by atoms with E-state index in [-0.39, 0.29) is 50.5 Å². The Bertz CT molecular complexity index is 2460. The Hall–Kier alpha value is -6.01. The summed E-state index contributed by atoms with van der Waals surface area (Å²) in [6.45, 7) is 0. The molecule has 7 rings (SSSR count). The van der Waals surface area contributed by atoms with Crippen LogP contribution in [0.5, 0.6) is 23.0 Å². The van der Waals surface area contributed by atoms with Crippen LogP contribution in [-0.4, -0.2) is 29.6 Å². The van der Waals surface area contributed by atoms with Crippen LogP contribution in [0.2, 0.25) is 0 Å². The van der Waals surface area contributed by atoms with Crippen molar-refractivity contribution in [2.45, 2.75) is 0 Å². The maximum atomic E-state index is 13.8. The van der Waals surface area contributed by atoms with Crippen molar-refractivity contribution in [3.63, 3.8) is 0 Å². The number of fused-ring (bicyclic) bond motifs is 2. The van der Waals surface area contributed by atoms with Crippen molar-refractivity contribution < 1.29 is 33.6 Å². The van der Waals surface area contributed by atoms with Gasteiger partial charge in [-0.3, -0.25) is 18.7 Å². The minimum Gasteiger partial charge on any atom is -0.508 e. The summed E-state index contributed by atoms with van der Waals surface area (Å²) in [6, 6.07) is 22.4. The van der Waals surface area contributed by atoms with Crippen LogP contribution in [0.1, 0.15) is 0 Å². The van der Waals surface area contributed by atoms with E-state index in [1.165, 1.54) is 76.0 Å².